The molecule has 0 heterocycles. The van der Waals surface area contributed by atoms with Crippen LogP contribution >= 0.6 is 15.9 Å². The second-order valence-corrected chi connectivity index (χ2v) is 8.49. The number of hydrogen-bond donors (Lipinski definition) is 0. The molecule has 0 aromatic heterocycles. The zero-order valence-corrected chi connectivity index (χ0v) is 14.1. The fraction of sp³-hybridized carbons (Fsp3) is 0.462. The molecule has 22 heavy (non-hydrogen) atoms. The highest BCUT2D eigenvalue weighted by atomic mass is 79.9. The maximum atomic E-state index is 14.1. The normalized spacial score (nSPS) is 22.7. The molecule has 0 amide bonds. The molecule has 2 nitrogen and oxygen atoms in total. The average molecular weight is 404 g/mol. The third kappa shape index (κ3) is 2.46. The summed E-state index contributed by atoms with van der Waals surface area (Å²) in [5, 5.41) is 0. The van der Waals surface area contributed by atoms with Crippen LogP contribution in [-0.2, 0) is 17.3 Å². The summed E-state index contributed by atoms with van der Waals surface area (Å²) in [5.41, 5.74) is -3.55. The van der Waals surface area contributed by atoms with Crippen LogP contribution in [0.5, 0.6) is 0 Å². The van der Waals surface area contributed by atoms with Gasteiger partial charge in [-0.05, 0) is 32.9 Å². The molecule has 0 aliphatic heterocycles. The summed E-state index contributed by atoms with van der Waals surface area (Å²) in [6.07, 6.45) is 0. The number of halogens is 6. The summed E-state index contributed by atoms with van der Waals surface area (Å²) in [5.74, 6) is -11.0. The first kappa shape index (κ1) is 17.7. The molecule has 122 valence electrons. The van der Waals surface area contributed by atoms with E-state index in [2.05, 4.69) is 20.3 Å². The van der Waals surface area contributed by atoms with Gasteiger partial charge in [-0.2, -0.15) is 17.6 Å². The van der Waals surface area contributed by atoms with Gasteiger partial charge < -0.3 is 4.55 Å². The minimum absolute atomic E-state index is 0.162. The quantitative estimate of drug-likeness (QED) is 0.499. The van der Waals surface area contributed by atoms with Crippen LogP contribution in [0.25, 0.3) is 0 Å². The van der Waals surface area contributed by atoms with Crippen LogP contribution in [0.4, 0.5) is 22.0 Å². The number of alkyl halides is 4. The Bertz CT molecular complexity index is 657. The van der Waals surface area contributed by atoms with Gasteiger partial charge >= 0.3 is 11.8 Å². The molecule has 0 saturated carbocycles. The lowest BCUT2D eigenvalue weighted by atomic mass is 10.1. The molecule has 0 bridgehead atoms. The van der Waals surface area contributed by atoms with Crippen LogP contribution in [0.1, 0.15) is 31.9 Å². The Labute approximate surface area is 135 Å². The lowest BCUT2D eigenvalue weighted by Crippen LogP contribution is -2.40. The van der Waals surface area contributed by atoms with Crippen molar-refractivity contribution in [1.29, 1.82) is 0 Å². The highest BCUT2D eigenvalue weighted by molar-refractivity contribution is 9.10. The lowest BCUT2D eigenvalue weighted by Gasteiger charge is -2.21. The molecular weight excluding hydrogens is 393 g/mol. The minimum atomic E-state index is -4.77. The maximum Gasteiger partial charge on any atom is 0.361 e. The van der Waals surface area contributed by atoms with E-state index in [0.29, 0.717) is 6.07 Å². The van der Waals surface area contributed by atoms with Gasteiger partial charge in [0.2, 0.25) is 0 Å². The largest absolute Gasteiger partial charge is 0.591 e. The predicted octanol–water partition coefficient (Wildman–Crippen LogP) is 4.58. The SMILES string of the molecule is CC(C)(C)[S+]([O-])N=C1c2c(Br)ccc(F)c2C(F)(F)C1(F)F. The number of fused-ring (bicyclic) bond motifs is 1. The summed E-state index contributed by atoms with van der Waals surface area (Å²) in [6.45, 7) is 4.37. The Hall–Kier alpha value is -0.670. The molecule has 1 atom stereocenters. The van der Waals surface area contributed by atoms with Crippen molar-refractivity contribution in [1.82, 2.24) is 0 Å². The van der Waals surface area contributed by atoms with Gasteiger partial charge in [0.25, 0.3) is 0 Å². The summed E-state index contributed by atoms with van der Waals surface area (Å²) < 4.78 is 83.9. The Morgan fingerprint density at radius 3 is 2.18 bits per heavy atom. The van der Waals surface area contributed by atoms with Gasteiger partial charge in [0, 0.05) is 10.0 Å². The van der Waals surface area contributed by atoms with Gasteiger partial charge in [-0.25, -0.2) is 4.39 Å². The molecule has 1 aromatic carbocycles. The van der Waals surface area contributed by atoms with Crippen molar-refractivity contribution in [2.45, 2.75) is 37.4 Å². The highest BCUT2D eigenvalue weighted by Gasteiger charge is 2.70. The summed E-state index contributed by atoms with van der Waals surface area (Å²) in [4.78, 5) is 0. The molecule has 1 aliphatic carbocycles. The Kier molecular flexibility index (Phi) is 4.16. The van der Waals surface area contributed by atoms with E-state index >= 15 is 0 Å². The molecular formula is C13H11BrF5NOS. The second kappa shape index (κ2) is 5.17. The van der Waals surface area contributed by atoms with E-state index in [1.54, 1.807) is 0 Å². The lowest BCUT2D eigenvalue weighted by molar-refractivity contribution is -0.168. The predicted molar refractivity (Wildman–Crippen MR) is 77.4 cm³/mol. The second-order valence-electron chi connectivity index (χ2n) is 5.73. The van der Waals surface area contributed by atoms with Gasteiger partial charge in [-0.15, -0.1) is 0 Å². The summed E-state index contributed by atoms with van der Waals surface area (Å²) in [7, 11) is 0. The fourth-order valence-corrected chi connectivity index (χ4v) is 3.04. The maximum absolute atomic E-state index is 14.1. The number of hydrogen-bond acceptors (Lipinski definition) is 2. The van der Waals surface area contributed by atoms with Crippen LogP contribution in [0, 0.1) is 5.82 Å². The van der Waals surface area contributed by atoms with Gasteiger partial charge in [0.15, 0.2) is 5.71 Å². The van der Waals surface area contributed by atoms with Gasteiger partial charge in [-0.1, -0.05) is 20.3 Å². The molecule has 0 fully saturated rings. The number of rotatable bonds is 1. The standard InChI is InChI=1S/C13H11BrF5NOS/c1-11(2,3)22(21)20-10-8-6(14)4-5-7(15)9(8)12(16,17)13(10,18)19/h4-5H,1-3H3. The van der Waals surface area contributed by atoms with E-state index in [0.717, 1.165) is 6.07 Å². The third-order valence-corrected chi connectivity index (χ3v) is 5.10. The van der Waals surface area contributed by atoms with Crippen LogP contribution in [0.3, 0.4) is 0 Å². The van der Waals surface area contributed by atoms with Crippen molar-refractivity contribution in [2.24, 2.45) is 4.40 Å². The summed E-state index contributed by atoms with van der Waals surface area (Å²) >= 11 is 0.655. The first-order chi connectivity index (χ1) is 9.81. The first-order valence-corrected chi connectivity index (χ1v) is 7.97. The van der Waals surface area contributed by atoms with E-state index in [1.807, 2.05) is 0 Å². The molecule has 1 unspecified atom stereocenters. The number of nitrogens with zero attached hydrogens (tertiary/aromatic N) is 1. The van der Waals surface area contributed by atoms with E-state index < -0.39 is 50.6 Å². The highest BCUT2D eigenvalue weighted by Crippen LogP contribution is 2.54. The van der Waals surface area contributed by atoms with Crippen molar-refractivity contribution < 1.29 is 26.5 Å². The van der Waals surface area contributed by atoms with E-state index in [4.69, 9.17) is 0 Å². The molecule has 9 heteroatoms. The van der Waals surface area contributed by atoms with Gasteiger partial charge in [0.05, 0.1) is 5.56 Å². The zero-order valence-electron chi connectivity index (χ0n) is 11.7. The Morgan fingerprint density at radius 1 is 1.14 bits per heavy atom. The van der Waals surface area contributed by atoms with Crippen molar-refractivity contribution in [3.05, 3.63) is 33.5 Å². The van der Waals surface area contributed by atoms with Crippen LogP contribution < -0.4 is 0 Å². The van der Waals surface area contributed by atoms with Crippen molar-refractivity contribution in [3.8, 4) is 0 Å². The molecule has 1 aromatic rings. The van der Waals surface area contributed by atoms with Gasteiger partial charge in [0.1, 0.15) is 21.9 Å². The molecule has 0 N–H and O–H groups in total. The minimum Gasteiger partial charge on any atom is -0.591 e. The van der Waals surface area contributed by atoms with Crippen molar-refractivity contribution >= 4 is 33.0 Å². The van der Waals surface area contributed by atoms with E-state index in [9.17, 15) is 26.5 Å². The van der Waals surface area contributed by atoms with Gasteiger partial charge in [-0.3, -0.25) is 0 Å². The molecule has 0 spiro atoms. The third-order valence-electron chi connectivity index (χ3n) is 3.04. The van der Waals surface area contributed by atoms with Crippen LogP contribution in [-0.4, -0.2) is 20.9 Å². The first-order valence-electron chi connectivity index (χ1n) is 6.07. The van der Waals surface area contributed by atoms with Crippen molar-refractivity contribution in [3.63, 3.8) is 0 Å². The van der Waals surface area contributed by atoms with E-state index in [1.165, 1.54) is 20.8 Å². The molecule has 2 rings (SSSR count). The average Bonchev–Trinajstić information content (AvgIpc) is 2.51. The van der Waals surface area contributed by atoms with E-state index in [-0.39, 0.29) is 4.47 Å². The molecule has 1 aliphatic rings. The zero-order chi connectivity index (χ0) is 17.1. The Balaban J connectivity index is 2.78. The smallest absolute Gasteiger partial charge is 0.361 e. The fourth-order valence-electron chi connectivity index (χ4n) is 1.88. The number of benzene rings is 1. The molecule has 0 saturated heterocycles. The molecule has 0 radical (unpaired) electrons. The monoisotopic (exact) mass is 403 g/mol. The van der Waals surface area contributed by atoms with Crippen LogP contribution in [0.2, 0.25) is 0 Å². The van der Waals surface area contributed by atoms with Crippen molar-refractivity contribution in [2.75, 3.05) is 0 Å². The Morgan fingerprint density at radius 2 is 1.68 bits per heavy atom. The van der Waals surface area contributed by atoms with Crippen LogP contribution in [0.15, 0.2) is 21.0 Å². The topological polar surface area (TPSA) is 35.4 Å². The summed E-state index contributed by atoms with van der Waals surface area (Å²) in [6, 6.07) is 1.69.